The molecule has 1 saturated carbocycles. The molecular formula is C24H27ClF3N5O2S. The molecule has 5 rings (SSSR count). The molecule has 7 nitrogen and oxygen atoms in total. The van der Waals surface area contributed by atoms with Crippen molar-refractivity contribution in [2.45, 2.75) is 38.3 Å². The molecule has 194 valence electrons. The van der Waals surface area contributed by atoms with Gasteiger partial charge in [-0.3, -0.25) is 4.90 Å². The van der Waals surface area contributed by atoms with Gasteiger partial charge in [-0.1, -0.05) is 30.2 Å². The summed E-state index contributed by atoms with van der Waals surface area (Å²) in [5.41, 5.74) is 2.15. The Morgan fingerprint density at radius 2 is 1.94 bits per heavy atom. The van der Waals surface area contributed by atoms with E-state index in [1.165, 1.54) is 31.4 Å². The summed E-state index contributed by atoms with van der Waals surface area (Å²) < 4.78 is 57.0. The number of nitrogens with zero attached hydrogens (tertiary/aromatic N) is 3. The van der Waals surface area contributed by atoms with Crippen molar-refractivity contribution in [3.8, 4) is 11.5 Å². The van der Waals surface area contributed by atoms with Gasteiger partial charge in [0.1, 0.15) is 5.82 Å². The van der Waals surface area contributed by atoms with Gasteiger partial charge in [-0.15, -0.1) is 10.2 Å². The second-order valence-electron chi connectivity index (χ2n) is 8.49. The van der Waals surface area contributed by atoms with Crippen LogP contribution in [0.4, 0.5) is 18.9 Å². The van der Waals surface area contributed by atoms with Crippen LogP contribution >= 0.6 is 11.6 Å². The third kappa shape index (κ3) is 7.28. The van der Waals surface area contributed by atoms with Gasteiger partial charge >= 0.3 is 6.43 Å². The Kier molecular flexibility index (Phi) is 9.35. The van der Waals surface area contributed by atoms with Crippen molar-refractivity contribution >= 4 is 28.3 Å². The lowest BCUT2D eigenvalue weighted by Gasteiger charge is -2.36. The van der Waals surface area contributed by atoms with E-state index in [1.54, 1.807) is 30.3 Å². The SMILES string of the molecule is Fc1ccc(NCc2ccc(-c3nnc(C(F)F)o3)cc2)cc1Cl.O=S1CCN(C2CCC2)CCN1. The number of benzene rings is 2. The van der Waals surface area contributed by atoms with E-state index < -0.39 is 29.1 Å². The fraction of sp³-hybridized carbons (Fsp3) is 0.417. The third-order valence-electron chi connectivity index (χ3n) is 6.06. The van der Waals surface area contributed by atoms with Crippen LogP contribution in [-0.4, -0.2) is 50.7 Å². The van der Waals surface area contributed by atoms with Gasteiger partial charge in [-0.05, 0) is 48.7 Å². The first-order valence-electron chi connectivity index (χ1n) is 11.6. The van der Waals surface area contributed by atoms with E-state index in [2.05, 4.69) is 25.1 Å². The Balaban J connectivity index is 0.000000211. The van der Waals surface area contributed by atoms with Crippen LogP contribution in [0, 0.1) is 5.82 Å². The van der Waals surface area contributed by atoms with Crippen molar-refractivity contribution in [1.29, 1.82) is 0 Å². The molecule has 1 aromatic heterocycles. The number of alkyl halides is 2. The summed E-state index contributed by atoms with van der Waals surface area (Å²) >= 11 is 5.72. The Morgan fingerprint density at radius 1 is 1.17 bits per heavy atom. The van der Waals surface area contributed by atoms with Crippen LogP contribution in [0.25, 0.3) is 11.5 Å². The number of rotatable bonds is 6. The normalized spacial score (nSPS) is 18.8. The van der Waals surface area contributed by atoms with Gasteiger partial charge in [0.05, 0.1) is 21.8 Å². The van der Waals surface area contributed by atoms with E-state index in [4.69, 9.17) is 16.0 Å². The molecule has 2 fully saturated rings. The van der Waals surface area contributed by atoms with Gasteiger partial charge in [-0.2, -0.15) is 8.78 Å². The Labute approximate surface area is 215 Å². The largest absolute Gasteiger partial charge is 0.415 e. The van der Waals surface area contributed by atoms with Crippen LogP contribution in [0.5, 0.6) is 0 Å². The van der Waals surface area contributed by atoms with Crippen molar-refractivity contribution in [2.24, 2.45) is 0 Å². The molecule has 1 aliphatic carbocycles. The lowest BCUT2D eigenvalue weighted by atomic mass is 9.91. The second kappa shape index (κ2) is 12.7. The fourth-order valence-electron chi connectivity index (χ4n) is 3.82. The van der Waals surface area contributed by atoms with E-state index in [-0.39, 0.29) is 10.9 Å². The fourth-order valence-corrected chi connectivity index (χ4v) is 4.86. The van der Waals surface area contributed by atoms with Crippen molar-refractivity contribution in [3.05, 3.63) is 64.8 Å². The zero-order chi connectivity index (χ0) is 25.5. The zero-order valence-electron chi connectivity index (χ0n) is 19.4. The van der Waals surface area contributed by atoms with Gasteiger partial charge in [0.25, 0.3) is 5.89 Å². The summed E-state index contributed by atoms with van der Waals surface area (Å²) in [4.78, 5) is 2.49. The van der Waals surface area contributed by atoms with E-state index in [9.17, 15) is 17.4 Å². The number of aromatic nitrogens is 2. The van der Waals surface area contributed by atoms with Gasteiger partial charge in [-0.25, -0.2) is 13.3 Å². The summed E-state index contributed by atoms with van der Waals surface area (Å²) in [5.74, 6) is -0.343. The number of hydrogen-bond donors (Lipinski definition) is 2. The number of nitrogens with one attached hydrogen (secondary N) is 2. The maximum Gasteiger partial charge on any atom is 0.314 e. The molecule has 2 heterocycles. The zero-order valence-corrected chi connectivity index (χ0v) is 21.0. The maximum atomic E-state index is 13.1. The first kappa shape index (κ1) is 26.6. The highest BCUT2D eigenvalue weighted by Crippen LogP contribution is 2.25. The van der Waals surface area contributed by atoms with Crippen LogP contribution in [0.3, 0.4) is 0 Å². The molecule has 36 heavy (non-hydrogen) atoms. The molecule has 1 unspecified atom stereocenters. The lowest BCUT2D eigenvalue weighted by molar-refractivity contribution is 0.116. The minimum atomic E-state index is -2.79. The number of hydrogen-bond acceptors (Lipinski definition) is 6. The average Bonchev–Trinajstić information content (AvgIpc) is 3.25. The van der Waals surface area contributed by atoms with Crippen LogP contribution in [0.2, 0.25) is 5.02 Å². The van der Waals surface area contributed by atoms with Crippen molar-refractivity contribution in [3.63, 3.8) is 0 Å². The van der Waals surface area contributed by atoms with Crippen LogP contribution < -0.4 is 10.0 Å². The molecule has 0 spiro atoms. The maximum absolute atomic E-state index is 13.1. The summed E-state index contributed by atoms with van der Waals surface area (Å²) in [5, 5.41) is 10.0. The molecule has 2 aliphatic rings. The highest BCUT2D eigenvalue weighted by molar-refractivity contribution is 7.83. The Morgan fingerprint density at radius 3 is 2.58 bits per heavy atom. The van der Waals surface area contributed by atoms with E-state index in [0.717, 1.165) is 37.0 Å². The highest BCUT2D eigenvalue weighted by Gasteiger charge is 2.26. The van der Waals surface area contributed by atoms with Crippen LogP contribution in [0.1, 0.15) is 37.1 Å². The molecule has 3 aromatic rings. The smallest absolute Gasteiger partial charge is 0.314 e. The summed E-state index contributed by atoms with van der Waals surface area (Å²) in [6.45, 7) is 3.47. The van der Waals surface area contributed by atoms with Crippen molar-refractivity contribution < 1.29 is 21.8 Å². The van der Waals surface area contributed by atoms with Gasteiger partial charge in [0.15, 0.2) is 0 Å². The molecular weight excluding hydrogens is 515 g/mol. The monoisotopic (exact) mass is 541 g/mol. The minimum absolute atomic E-state index is 0.0372. The summed E-state index contributed by atoms with van der Waals surface area (Å²) in [7, 11) is -0.764. The Hall–Kier alpha value is -2.47. The predicted octanol–water partition coefficient (Wildman–Crippen LogP) is 5.19. The second-order valence-corrected chi connectivity index (χ2v) is 10.3. The predicted molar refractivity (Wildman–Crippen MR) is 134 cm³/mol. The van der Waals surface area contributed by atoms with Crippen molar-refractivity contribution in [2.75, 3.05) is 30.7 Å². The topological polar surface area (TPSA) is 83.3 Å². The minimum Gasteiger partial charge on any atom is -0.415 e. The summed E-state index contributed by atoms with van der Waals surface area (Å²) in [6, 6.07) is 12.1. The molecule has 0 radical (unpaired) electrons. The van der Waals surface area contributed by atoms with E-state index >= 15 is 0 Å². The Bertz CT molecular complexity index is 1160. The third-order valence-corrected chi connectivity index (χ3v) is 7.43. The summed E-state index contributed by atoms with van der Waals surface area (Å²) in [6.07, 6.45) is 1.30. The molecule has 1 aliphatic heterocycles. The van der Waals surface area contributed by atoms with Crippen molar-refractivity contribution in [1.82, 2.24) is 19.8 Å². The molecule has 1 saturated heterocycles. The van der Waals surface area contributed by atoms with Gasteiger partial charge in [0.2, 0.25) is 5.89 Å². The first-order chi connectivity index (χ1) is 17.4. The van der Waals surface area contributed by atoms with E-state index in [0.29, 0.717) is 17.8 Å². The van der Waals surface area contributed by atoms with Crippen LogP contribution in [-0.2, 0) is 17.5 Å². The molecule has 0 amide bonds. The van der Waals surface area contributed by atoms with Crippen LogP contribution in [0.15, 0.2) is 46.9 Å². The molecule has 12 heteroatoms. The molecule has 2 aromatic carbocycles. The van der Waals surface area contributed by atoms with Gasteiger partial charge < -0.3 is 9.73 Å². The van der Waals surface area contributed by atoms with Gasteiger partial charge in [0, 0.05) is 43.5 Å². The molecule has 0 bridgehead atoms. The quantitative estimate of drug-likeness (QED) is 0.447. The standard InChI is InChI=1S/C16H11ClF3N3O.C8H16N2OS/c17-12-7-11(5-6-13(12)18)21-8-9-1-3-10(4-2-9)15-22-23-16(24-15)14(19)20;11-12-7-6-10(5-4-9-12)8-2-1-3-8/h1-7,14,21H,8H2;8-9H,1-7H2. The molecule has 1 atom stereocenters. The number of halogens is 4. The highest BCUT2D eigenvalue weighted by atomic mass is 35.5. The molecule has 2 N–H and O–H groups in total. The first-order valence-corrected chi connectivity index (χ1v) is 13.3. The van der Waals surface area contributed by atoms with E-state index in [1.807, 2.05) is 0 Å². The average molecular weight is 542 g/mol. The lowest BCUT2D eigenvalue weighted by Crippen LogP contribution is -2.42. The number of anilines is 1.